The molecule has 0 radical (unpaired) electrons. The van der Waals surface area contributed by atoms with Crippen LogP contribution in [0.3, 0.4) is 0 Å². The molecule has 0 saturated carbocycles. The minimum Gasteiger partial charge on any atom is -0.306 e. The van der Waals surface area contributed by atoms with Gasteiger partial charge in [0.2, 0.25) is 0 Å². The number of benzene rings is 1. The first-order valence-electron chi connectivity index (χ1n) is 8.98. The zero-order valence-electron chi connectivity index (χ0n) is 15.3. The second-order valence-electron chi connectivity index (χ2n) is 6.80. The fourth-order valence-corrected chi connectivity index (χ4v) is 3.37. The summed E-state index contributed by atoms with van der Waals surface area (Å²) in [4.78, 5) is 6.47. The molecule has 1 aromatic carbocycles. The SMILES string of the molecule is C/C(=C(\N/N=C/c1ccc(F)cc1)[C@@H]1CCCN(C)C1)c1ccncc1. The zero-order valence-corrected chi connectivity index (χ0v) is 15.3. The molecular weight excluding hydrogens is 327 g/mol. The Labute approximate surface area is 154 Å². The summed E-state index contributed by atoms with van der Waals surface area (Å²) in [5, 5.41) is 4.43. The summed E-state index contributed by atoms with van der Waals surface area (Å²) in [6, 6.07) is 10.4. The molecule has 0 bridgehead atoms. The number of piperidine rings is 1. The van der Waals surface area contributed by atoms with E-state index in [0.717, 1.165) is 36.3 Å². The minimum atomic E-state index is -0.241. The number of allylic oxidation sites excluding steroid dienone is 1. The fourth-order valence-electron chi connectivity index (χ4n) is 3.37. The van der Waals surface area contributed by atoms with E-state index in [1.807, 2.05) is 24.5 Å². The second-order valence-corrected chi connectivity index (χ2v) is 6.80. The van der Waals surface area contributed by atoms with Gasteiger partial charge in [-0.3, -0.25) is 10.4 Å². The Kier molecular flexibility index (Phi) is 6.12. The third-order valence-corrected chi connectivity index (χ3v) is 4.82. The van der Waals surface area contributed by atoms with Crippen LogP contribution in [0.1, 0.15) is 30.9 Å². The van der Waals surface area contributed by atoms with Crippen LogP contribution >= 0.6 is 0 Å². The molecule has 1 N–H and O–H groups in total. The largest absolute Gasteiger partial charge is 0.306 e. The molecule has 2 aromatic rings. The number of pyridine rings is 1. The highest BCUT2D eigenvalue weighted by Gasteiger charge is 2.23. The number of hydrogen-bond acceptors (Lipinski definition) is 4. The standard InChI is InChI=1S/C21H25FN4/c1-16(18-9-11-23-12-10-18)21(19-4-3-13-26(2)15-19)25-24-14-17-5-7-20(22)8-6-17/h5-12,14,19,25H,3-4,13,15H2,1-2H3/b21-16+,24-14+/t19-/m1/s1. The summed E-state index contributed by atoms with van der Waals surface area (Å²) in [6.07, 6.45) is 7.67. The number of nitrogens with one attached hydrogen (secondary N) is 1. The van der Waals surface area contributed by atoms with Crippen molar-refractivity contribution < 1.29 is 4.39 Å². The first kappa shape index (κ1) is 18.3. The molecule has 26 heavy (non-hydrogen) atoms. The maximum Gasteiger partial charge on any atom is 0.123 e. The number of halogens is 1. The molecule has 0 amide bonds. The first-order chi connectivity index (χ1) is 12.6. The number of likely N-dealkylation sites (tertiary alicyclic amines) is 1. The predicted octanol–water partition coefficient (Wildman–Crippen LogP) is 3.92. The summed E-state index contributed by atoms with van der Waals surface area (Å²) < 4.78 is 13.0. The van der Waals surface area contributed by atoms with Gasteiger partial charge in [0.05, 0.1) is 6.21 Å². The Balaban J connectivity index is 1.84. The van der Waals surface area contributed by atoms with Crippen molar-refractivity contribution in [3.63, 3.8) is 0 Å². The van der Waals surface area contributed by atoms with E-state index < -0.39 is 0 Å². The van der Waals surface area contributed by atoms with Crippen LogP contribution in [-0.2, 0) is 0 Å². The highest BCUT2D eigenvalue weighted by atomic mass is 19.1. The van der Waals surface area contributed by atoms with Gasteiger partial charge >= 0.3 is 0 Å². The van der Waals surface area contributed by atoms with Crippen LogP contribution in [-0.4, -0.2) is 36.2 Å². The molecule has 4 nitrogen and oxygen atoms in total. The van der Waals surface area contributed by atoms with Gasteiger partial charge < -0.3 is 4.90 Å². The summed E-state index contributed by atoms with van der Waals surface area (Å²) in [6.45, 7) is 4.27. The highest BCUT2D eigenvalue weighted by molar-refractivity contribution is 5.79. The average molecular weight is 352 g/mol. The van der Waals surface area contributed by atoms with Crippen molar-refractivity contribution in [2.45, 2.75) is 19.8 Å². The van der Waals surface area contributed by atoms with Crippen LogP contribution in [0.5, 0.6) is 0 Å². The molecule has 1 aliphatic rings. The van der Waals surface area contributed by atoms with Crippen LogP contribution in [0.4, 0.5) is 4.39 Å². The first-order valence-corrected chi connectivity index (χ1v) is 8.98. The smallest absolute Gasteiger partial charge is 0.123 e. The normalized spacial score (nSPS) is 19.4. The van der Waals surface area contributed by atoms with Gasteiger partial charge in [-0.05, 0) is 74.3 Å². The van der Waals surface area contributed by atoms with Gasteiger partial charge in [-0.2, -0.15) is 5.10 Å². The highest BCUT2D eigenvalue weighted by Crippen LogP contribution is 2.27. The van der Waals surface area contributed by atoms with E-state index in [2.05, 4.69) is 34.4 Å². The van der Waals surface area contributed by atoms with Crippen molar-refractivity contribution in [2.75, 3.05) is 20.1 Å². The van der Waals surface area contributed by atoms with E-state index in [-0.39, 0.29) is 5.82 Å². The molecule has 5 heteroatoms. The predicted molar refractivity (Wildman–Crippen MR) is 104 cm³/mol. The number of aromatic nitrogens is 1. The Morgan fingerprint density at radius 2 is 1.96 bits per heavy atom. The Bertz CT molecular complexity index is 768. The zero-order chi connectivity index (χ0) is 18.4. The van der Waals surface area contributed by atoms with E-state index in [4.69, 9.17) is 0 Å². The topological polar surface area (TPSA) is 40.5 Å². The lowest BCUT2D eigenvalue weighted by Gasteiger charge is -2.32. The van der Waals surface area contributed by atoms with E-state index in [9.17, 15) is 4.39 Å². The van der Waals surface area contributed by atoms with Crippen molar-refractivity contribution in [3.8, 4) is 0 Å². The molecule has 3 rings (SSSR count). The summed E-state index contributed by atoms with van der Waals surface area (Å²) in [5.41, 5.74) is 7.61. The maximum atomic E-state index is 13.0. The Morgan fingerprint density at radius 1 is 1.23 bits per heavy atom. The van der Waals surface area contributed by atoms with Crippen LogP contribution in [0.2, 0.25) is 0 Å². The van der Waals surface area contributed by atoms with Crippen LogP contribution in [0, 0.1) is 11.7 Å². The van der Waals surface area contributed by atoms with Gasteiger partial charge in [0, 0.05) is 30.6 Å². The molecule has 1 fully saturated rings. The molecule has 0 unspecified atom stereocenters. The van der Waals surface area contributed by atoms with Gasteiger partial charge in [-0.25, -0.2) is 4.39 Å². The number of hydrogen-bond donors (Lipinski definition) is 1. The van der Waals surface area contributed by atoms with Gasteiger partial charge in [0.25, 0.3) is 0 Å². The van der Waals surface area contributed by atoms with Gasteiger partial charge in [0.1, 0.15) is 5.82 Å². The van der Waals surface area contributed by atoms with Crippen molar-refractivity contribution in [1.82, 2.24) is 15.3 Å². The molecule has 1 aliphatic heterocycles. The molecule has 1 atom stereocenters. The van der Waals surface area contributed by atoms with Crippen molar-refractivity contribution in [1.29, 1.82) is 0 Å². The molecule has 0 spiro atoms. The lowest BCUT2D eigenvalue weighted by molar-refractivity contribution is 0.226. The fraction of sp³-hybridized carbons (Fsp3) is 0.333. The van der Waals surface area contributed by atoms with E-state index in [0.29, 0.717) is 5.92 Å². The van der Waals surface area contributed by atoms with Crippen molar-refractivity contribution in [2.24, 2.45) is 11.0 Å². The molecule has 0 aliphatic carbocycles. The van der Waals surface area contributed by atoms with Crippen molar-refractivity contribution >= 4 is 11.8 Å². The maximum absolute atomic E-state index is 13.0. The second kappa shape index (κ2) is 8.72. The van der Waals surface area contributed by atoms with Crippen molar-refractivity contribution in [3.05, 3.63) is 71.4 Å². The molecular formula is C21H25FN4. The van der Waals surface area contributed by atoms with Crippen LogP contribution in [0.25, 0.3) is 5.57 Å². The van der Waals surface area contributed by atoms with Gasteiger partial charge in [-0.1, -0.05) is 12.1 Å². The van der Waals surface area contributed by atoms with E-state index in [1.165, 1.54) is 24.1 Å². The summed E-state index contributed by atoms with van der Waals surface area (Å²) >= 11 is 0. The number of nitrogens with zero attached hydrogens (tertiary/aromatic N) is 3. The van der Waals surface area contributed by atoms with E-state index in [1.54, 1.807) is 18.3 Å². The molecule has 2 heterocycles. The molecule has 1 saturated heterocycles. The molecule has 136 valence electrons. The van der Waals surface area contributed by atoms with Gasteiger partial charge in [0.15, 0.2) is 0 Å². The minimum absolute atomic E-state index is 0.241. The van der Waals surface area contributed by atoms with Gasteiger partial charge in [-0.15, -0.1) is 0 Å². The van der Waals surface area contributed by atoms with Crippen LogP contribution < -0.4 is 5.43 Å². The molecule has 1 aromatic heterocycles. The summed E-state index contributed by atoms with van der Waals surface area (Å²) in [7, 11) is 2.16. The van der Waals surface area contributed by atoms with E-state index >= 15 is 0 Å². The third kappa shape index (κ3) is 4.76. The average Bonchev–Trinajstić information content (AvgIpc) is 2.67. The number of rotatable bonds is 5. The Morgan fingerprint density at radius 3 is 2.65 bits per heavy atom. The van der Waals surface area contributed by atoms with Crippen LogP contribution in [0.15, 0.2) is 59.6 Å². The Hall–Kier alpha value is -2.53. The quantitative estimate of drug-likeness (QED) is 0.655. The lowest BCUT2D eigenvalue weighted by Crippen LogP contribution is -2.35. The number of hydrazone groups is 1. The summed E-state index contributed by atoms with van der Waals surface area (Å²) in [5.74, 6) is 0.168. The lowest BCUT2D eigenvalue weighted by atomic mass is 9.91. The third-order valence-electron chi connectivity index (χ3n) is 4.82. The monoisotopic (exact) mass is 352 g/mol.